The van der Waals surface area contributed by atoms with Crippen molar-refractivity contribution < 1.29 is 9.53 Å². The van der Waals surface area contributed by atoms with E-state index in [1.165, 1.54) is 0 Å². The van der Waals surface area contributed by atoms with Crippen molar-refractivity contribution >= 4 is 12.0 Å². The summed E-state index contributed by atoms with van der Waals surface area (Å²) >= 11 is 0. The molecule has 0 atom stereocenters. The Bertz CT molecular complexity index is 1130. The van der Waals surface area contributed by atoms with Crippen LogP contribution in [-0.4, -0.2) is 32.6 Å². The van der Waals surface area contributed by atoms with Crippen LogP contribution in [0, 0.1) is 0 Å². The third-order valence-corrected chi connectivity index (χ3v) is 4.43. The maximum atomic E-state index is 12.1. The summed E-state index contributed by atoms with van der Waals surface area (Å²) in [5, 5.41) is 2.72. The fourth-order valence-corrected chi connectivity index (χ4v) is 3.00. The smallest absolute Gasteiger partial charge is 0.393 e. The third-order valence-electron chi connectivity index (χ3n) is 4.43. The van der Waals surface area contributed by atoms with Gasteiger partial charge in [-0.25, -0.2) is 14.8 Å². The van der Waals surface area contributed by atoms with Crippen LogP contribution in [0.4, 0.5) is 10.7 Å². The molecule has 4 aromatic rings. The number of nitrogens with two attached hydrogens (primary N) is 1. The van der Waals surface area contributed by atoms with E-state index in [0.717, 1.165) is 22.3 Å². The van der Waals surface area contributed by atoms with Gasteiger partial charge in [0.05, 0.1) is 5.69 Å². The molecule has 3 aromatic heterocycles. The summed E-state index contributed by atoms with van der Waals surface area (Å²) in [6.07, 6.45) is 7.00. The lowest BCUT2D eigenvalue weighted by Crippen LogP contribution is -2.28. The van der Waals surface area contributed by atoms with E-state index in [0.29, 0.717) is 24.5 Å². The zero-order chi connectivity index (χ0) is 20.8. The summed E-state index contributed by atoms with van der Waals surface area (Å²) in [5.74, 6) is 0.474. The molecule has 0 aliphatic carbocycles. The molecule has 4 rings (SSSR count). The number of aromatic nitrogens is 4. The van der Waals surface area contributed by atoms with E-state index in [-0.39, 0.29) is 5.95 Å². The Morgan fingerprint density at radius 3 is 2.77 bits per heavy atom. The summed E-state index contributed by atoms with van der Waals surface area (Å²) in [6.45, 7) is 0.443. The van der Waals surface area contributed by atoms with Crippen LogP contribution in [0.25, 0.3) is 22.4 Å². The van der Waals surface area contributed by atoms with Gasteiger partial charge in [-0.15, -0.1) is 0 Å². The lowest BCUT2D eigenvalue weighted by molar-refractivity contribution is 0.199. The van der Waals surface area contributed by atoms with Crippen LogP contribution in [0.1, 0.15) is 5.56 Å². The van der Waals surface area contributed by atoms with Crippen molar-refractivity contribution in [1.82, 2.24) is 25.3 Å². The fourth-order valence-electron chi connectivity index (χ4n) is 3.00. The van der Waals surface area contributed by atoms with Gasteiger partial charge in [-0.1, -0.05) is 36.4 Å². The van der Waals surface area contributed by atoms with Crippen LogP contribution in [0.5, 0.6) is 5.88 Å². The minimum absolute atomic E-state index is 0.168. The summed E-state index contributed by atoms with van der Waals surface area (Å²) in [5.41, 5.74) is 10.0. The van der Waals surface area contributed by atoms with Crippen molar-refractivity contribution in [2.75, 3.05) is 12.3 Å². The summed E-state index contributed by atoms with van der Waals surface area (Å²) in [6, 6.07) is 15.3. The number of hydrogen-bond acceptors (Lipinski definition) is 6. The van der Waals surface area contributed by atoms with Gasteiger partial charge in [-0.3, -0.25) is 4.98 Å². The minimum Gasteiger partial charge on any atom is -0.393 e. The molecule has 8 heteroatoms. The number of nitrogen functional groups attached to an aromatic ring is 1. The molecule has 3 heterocycles. The lowest BCUT2D eigenvalue weighted by Gasteiger charge is -2.07. The highest BCUT2D eigenvalue weighted by molar-refractivity contribution is 5.81. The number of H-pyrrole nitrogens is 1. The average molecular weight is 400 g/mol. The highest BCUT2D eigenvalue weighted by atomic mass is 16.6. The molecule has 0 saturated carbocycles. The van der Waals surface area contributed by atoms with E-state index >= 15 is 0 Å². The van der Waals surface area contributed by atoms with Gasteiger partial charge < -0.3 is 20.8 Å². The summed E-state index contributed by atoms with van der Waals surface area (Å²) < 4.78 is 5.33. The van der Waals surface area contributed by atoms with Crippen LogP contribution in [0.15, 0.2) is 73.3 Å². The molecule has 30 heavy (non-hydrogen) atoms. The van der Waals surface area contributed by atoms with Crippen molar-refractivity contribution in [3.63, 3.8) is 0 Å². The Kier molecular flexibility index (Phi) is 5.66. The Morgan fingerprint density at radius 1 is 1.10 bits per heavy atom. The molecular formula is C22H20N6O2. The molecule has 0 bridgehead atoms. The molecule has 0 spiro atoms. The highest BCUT2D eigenvalue weighted by Crippen LogP contribution is 2.32. The van der Waals surface area contributed by atoms with Crippen molar-refractivity contribution in [1.29, 1.82) is 0 Å². The van der Waals surface area contributed by atoms with Crippen LogP contribution in [0.3, 0.4) is 0 Å². The molecule has 0 radical (unpaired) electrons. The zero-order valence-electron chi connectivity index (χ0n) is 16.1. The zero-order valence-corrected chi connectivity index (χ0v) is 16.1. The van der Waals surface area contributed by atoms with Gasteiger partial charge in [0.25, 0.3) is 0 Å². The van der Waals surface area contributed by atoms with Gasteiger partial charge in [0.15, 0.2) is 0 Å². The Labute approximate surface area is 173 Å². The molecule has 0 fully saturated rings. The molecule has 8 nitrogen and oxygen atoms in total. The maximum Gasteiger partial charge on any atom is 0.413 e. The van der Waals surface area contributed by atoms with E-state index in [2.05, 4.69) is 25.3 Å². The average Bonchev–Trinajstić information content (AvgIpc) is 3.23. The first-order chi connectivity index (χ1) is 14.7. The van der Waals surface area contributed by atoms with E-state index < -0.39 is 6.09 Å². The van der Waals surface area contributed by atoms with Crippen molar-refractivity contribution in [3.8, 4) is 28.3 Å². The van der Waals surface area contributed by atoms with E-state index in [1.54, 1.807) is 30.9 Å². The number of benzene rings is 1. The highest BCUT2D eigenvalue weighted by Gasteiger charge is 2.14. The standard InChI is InChI=1S/C22H20N6O2/c23-21-27-14-18(16-6-2-1-3-7-16)20(28-21)17-11-19(26-13-17)30-22(29)25-10-8-15-5-4-9-24-12-15/h1-7,9,11-14,26H,8,10H2,(H,25,29)(H2,23,27,28). The largest absolute Gasteiger partial charge is 0.413 e. The number of nitrogens with one attached hydrogen (secondary N) is 2. The van der Waals surface area contributed by atoms with E-state index in [4.69, 9.17) is 10.5 Å². The first-order valence-electron chi connectivity index (χ1n) is 9.40. The van der Waals surface area contributed by atoms with Crippen LogP contribution >= 0.6 is 0 Å². The van der Waals surface area contributed by atoms with Gasteiger partial charge in [0.1, 0.15) is 0 Å². The van der Waals surface area contributed by atoms with Gasteiger partial charge in [0.2, 0.25) is 11.8 Å². The monoisotopic (exact) mass is 400 g/mol. The Balaban J connectivity index is 1.44. The summed E-state index contributed by atoms with van der Waals surface area (Å²) in [7, 11) is 0. The first-order valence-corrected chi connectivity index (χ1v) is 9.40. The van der Waals surface area contributed by atoms with Gasteiger partial charge in [-0.2, -0.15) is 0 Å². The molecule has 1 amide bonds. The molecule has 0 saturated heterocycles. The number of hydrogen-bond donors (Lipinski definition) is 3. The minimum atomic E-state index is -0.544. The predicted octanol–water partition coefficient (Wildman–Crippen LogP) is 3.45. The number of nitrogens with zero attached hydrogens (tertiary/aromatic N) is 3. The van der Waals surface area contributed by atoms with Gasteiger partial charge in [0, 0.05) is 48.5 Å². The Hall–Kier alpha value is -4.20. The van der Waals surface area contributed by atoms with E-state index in [9.17, 15) is 4.79 Å². The molecule has 150 valence electrons. The molecular weight excluding hydrogens is 380 g/mol. The number of rotatable bonds is 6. The molecule has 1 aromatic carbocycles. The Morgan fingerprint density at radius 2 is 1.97 bits per heavy atom. The number of carbonyl (C=O) groups excluding carboxylic acids is 1. The fraction of sp³-hybridized carbons (Fsp3) is 0.0909. The molecule has 0 aliphatic heterocycles. The third kappa shape index (κ3) is 4.61. The topological polar surface area (TPSA) is 119 Å². The number of amides is 1. The second-order valence-corrected chi connectivity index (χ2v) is 6.54. The van der Waals surface area contributed by atoms with Crippen molar-refractivity contribution in [2.24, 2.45) is 0 Å². The van der Waals surface area contributed by atoms with Crippen LogP contribution < -0.4 is 15.8 Å². The quantitative estimate of drug-likeness (QED) is 0.456. The number of pyridine rings is 1. The predicted molar refractivity (Wildman–Crippen MR) is 114 cm³/mol. The van der Waals surface area contributed by atoms with Crippen molar-refractivity contribution in [3.05, 3.63) is 78.9 Å². The van der Waals surface area contributed by atoms with Crippen molar-refractivity contribution in [2.45, 2.75) is 6.42 Å². The summed E-state index contributed by atoms with van der Waals surface area (Å²) in [4.78, 5) is 27.6. The number of aromatic amines is 1. The second kappa shape index (κ2) is 8.87. The van der Waals surface area contributed by atoms with Crippen LogP contribution in [-0.2, 0) is 6.42 Å². The number of carbonyl (C=O) groups is 1. The van der Waals surface area contributed by atoms with Crippen LogP contribution in [0.2, 0.25) is 0 Å². The molecule has 0 aliphatic rings. The van der Waals surface area contributed by atoms with Gasteiger partial charge in [-0.05, 0) is 23.6 Å². The first kappa shape index (κ1) is 19.1. The SMILES string of the molecule is Nc1ncc(-c2ccccc2)c(-c2c[nH]c(OC(=O)NCCc3cccnc3)c2)n1. The normalized spacial score (nSPS) is 10.5. The number of ether oxygens (including phenoxy) is 1. The maximum absolute atomic E-state index is 12.1. The lowest BCUT2D eigenvalue weighted by atomic mass is 10.0. The van der Waals surface area contributed by atoms with E-state index in [1.807, 2.05) is 42.5 Å². The molecule has 4 N–H and O–H groups in total. The van der Waals surface area contributed by atoms with Gasteiger partial charge >= 0.3 is 6.09 Å². The number of anilines is 1. The second-order valence-electron chi connectivity index (χ2n) is 6.54. The molecule has 0 unspecified atom stereocenters.